The highest BCUT2D eigenvalue weighted by Gasteiger charge is 2.73. The van der Waals surface area contributed by atoms with Crippen LogP contribution in [0.1, 0.15) is 21.8 Å². The van der Waals surface area contributed by atoms with Crippen LogP contribution in [0.4, 0.5) is 0 Å². The van der Waals surface area contributed by atoms with E-state index in [0.717, 1.165) is 5.56 Å². The minimum atomic E-state index is -1.50. The quantitative estimate of drug-likeness (QED) is 0.855. The fourth-order valence-corrected chi connectivity index (χ4v) is 3.30. The van der Waals surface area contributed by atoms with Gasteiger partial charge in [0.15, 0.2) is 11.2 Å². The van der Waals surface area contributed by atoms with Crippen molar-refractivity contribution >= 4 is 11.7 Å². The van der Waals surface area contributed by atoms with Gasteiger partial charge < -0.3 is 10.5 Å². The molecule has 1 saturated carbocycles. The number of amides is 1. The van der Waals surface area contributed by atoms with Crippen LogP contribution in [0.15, 0.2) is 54.6 Å². The predicted molar refractivity (Wildman–Crippen MR) is 87.2 cm³/mol. The third kappa shape index (κ3) is 2.24. The lowest BCUT2D eigenvalue weighted by molar-refractivity contribution is -0.121. The van der Waals surface area contributed by atoms with Crippen molar-refractivity contribution in [2.24, 2.45) is 17.1 Å². The van der Waals surface area contributed by atoms with Crippen LogP contribution in [0.25, 0.3) is 0 Å². The Morgan fingerprint density at radius 2 is 1.75 bits per heavy atom. The summed E-state index contributed by atoms with van der Waals surface area (Å²) in [5.41, 5.74) is 5.20. The minimum Gasteiger partial charge on any atom is -0.497 e. The van der Waals surface area contributed by atoms with E-state index in [2.05, 4.69) is 0 Å². The summed E-state index contributed by atoms with van der Waals surface area (Å²) in [5.74, 6) is -1.65. The summed E-state index contributed by atoms with van der Waals surface area (Å²) in [6.45, 7) is 0. The molecule has 0 saturated heterocycles. The van der Waals surface area contributed by atoms with E-state index in [9.17, 15) is 14.9 Å². The highest BCUT2D eigenvalue weighted by molar-refractivity contribution is 6.08. The number of carbonyl (C=O) groups is 2. The molecule has 5 nitrogen and oxygen atoms in total. The van der Waals surface area contributed by atoms with Crippen molar-refractivity contribution in [3.8, 4) is 11.8 Å². The van der Waals surface area contributed by atoms with E-state index < -0.39 is 23.2 Å². The number of rotatable bonds is 5. The molecule has 0 spiro atoms. The highest BCUT2D eigenvalue weighted by atomic mass is 16.5. The van der Waals surface area contributed by atoms with Crippen molar-refractivity contribution in [3.63, 3.8) is 0 Å². The summed E-state index contributed by atoms with van der Waals surface area (Å²) in [4.78, 5) is 24.8. The molecule has 0 bridgehead atoms. The van der Waals surface area contributed by atoms with Crippen molar-refractivity contribution in [1.82, 2.24) is 0 Å². The van der Waals surface area contributed by atoms with Crippen LogP contribution < -0.4 is 10.5 Å². The molecule has 2 aromatic rings. The number of carbonyl (C=O) groups excluding carboxylic acids is 2. The molecule has 24 heavy (non-hydrogen) atoms. The van der Waals surface area contributed by atoms with Crippen LogP contribution in [0.2, 0.25) is 0 Å². The van der Waals surface area contributed by atoms with Gasteiger partial charge in [-0.05, 0) is 17.7 Å². The third-order valence-corrected chi connectivity index (χ3v) is 4.61. The Labute approximate surface area is 139 Å². The van der Waals surface area contributed by atoms with Gasteiger partial charge in [0.1, 0.15) is 5.75 Å². The molecule has 1 aliphatic rings. The lowest BCUT2D eigenvalue weighted by Crippen LogP contribution is -2.27. The van der Waals surface area contributed by atoms with Crippen molar-refractivity contribution in [2.45, 2.75) is 5.92 Å². The first kappa shape index (κ1) is 15.8. The number of nitrogens with zero attached hydrogens (tertiary/aromatic N) is 1. The summed E-state index contributed by atoms with van der Waals surface area (Å²) >= 11 is 0. The van der Waals surface area contributed by atoms with Crippen LogP contribution in [0.5, 0.6) is 5.75 Å². The molecule has 1 unspecified atom stereocenters. The molecule has 0 aliphatic heterocycles. The largest absolute Gasteiger partial charge is 0.497 e. The fraction of sp³-hybridized carbons (Fsp3) is 0.211. The number of hydrogen-bond acceptors (Lipinski definition) is 4. The number of nitriles is 1. The van der Waals surface area contributed by atoms with Crippen LogP contribution in [0, 0.1) is 22.7 Å². The van der Waals surface area contributed by atoms with Gasteiger partial charge >= 0.3 is 0 Å². The normalized spacial score (nSPS) is 24.7. The lowest BCUT2D eigenvalue weighted by atomic mass is 9.98. The van der Waals surface area contributed by atoms with Gasteiger partial charge in [0.25, 0.3) is 0 Å². The van der Waals surface area contributed by atoms with Gasteiger partial charge in [-0.2, -0.15) is 5.26 Å². The number of ether oxygens (including phenoxy) is 1. The van der Waals surface area contributed by atoms with Crippen molar-refractivity contribution in [3.05, 3.63) is 65.7 Å². The summed E-state index contributed by atoms with van der Waals surface area (Å²) in [6.07, 6.45) is 0. The minimum absolute atomic E-state index is 0.239. The second-order valence-electron chi connectivity index (χ2n) is 5.80. The Morgan fingerprint density at radius 1 is 1.12 bits per heavy atom. The van der Waals surface area contributed by atoms with Gasteiger partial charge in [0.05, 0.1) is 19.1 Å². The molecule has 0 radical (unpaired) electrons. The van der Waals surface area contributed by atoms with E-state index in [1.54, 1.807) is 61.7 Å². The Morgan fingerprint density at radius 3 is 2.25 bits per heavy atom. The van der Waals surface area contributed by atoms with Crippen molar-refractivity contribution < 1.29 is 14.3 Å². The number of primary amides is 1. The summed E-state index contributed by atoms with van der Waals surface area (Å²) in [5, 5.41) is 9.60. The molecule has 3 atom stereocenters. The molecule has 2 N–H and O–H groups in total. The van der Waals surface area contributed by atoms with Gasteiger partial charge in [-0.25, -0.2) is 0 Å². The molecule has 0 heterocycles. The Balaban J connectivity index is 2.01. The van der Waals surface area contributed by atoms with Crippen LogP contribution in [0.3, 0.4) is 0 Å². The highest BCUT2D eigenvalue weighted by Crippen LogP contribution is 2.65. The summed E-state index contributed by atoms with van der Waals surface area (Å²) < 4.78 is 5.12. The van der Waals surface area contributed by atoms with Crippen molar-refractivity contribution in [2.75, 3.05) is 7.11 Å². The fourth-order valence-electron chi connectivity index (χ4n) is 3.30. The second kappa shape index (κ2) is 5.82. The molecule has 1 amide bonds. The Hall–Kier alpha value is -3.13. The number of methoxy groups -OCH3 is 1. The molecule has 120 valence electrons. The number of benzene rings is 2. The maximum Gasteiger partial charge on any atom is 0.239 e. The Kier molecular flexibility index (Phi) is 3.82. The van der Waals surface area contributed by atoms with E-state index in [0.29, 0.717) is 11.3 Å². The average molecular weight is 320 g/mol. The number of Topliss-reactive ketones (excluding diaryl/α,β-unsaturated/α-hetero) is 1. The van der Waals surface area contributed by atoms with Gasteiger partial charge in [0.2, 0.25) is 5.91 Å². The first-order valence-electron chi connectivity index (χ1n) is 7.50. The topological polar surface area (TPSA) is 93.2 Å². The number of hydrogen-bond donors (Lipinski definition) is 1. The zero-order valence-electron chi connectivity index (χ0n) is 13.1. The number of nitrogens with two attached hydrogens (primary N) is 1. The van der Waals surface area contributed by atoms with Crippen molar-refractivity contribution in [1.29, 1.82) is 5.26 Å². The van der Waals surface area contributed by atoms with E-state index in [-0.39, 0.29) is 5.78 Å². The first-order valence-corrected chi connectivity index (χ1v) is 7.50. The van der Waals surface area contributed by atoms with Gasteiger partial charge in [-0.1, -0.05) is 42.5 Å². The summed E-state index contributed by atoms with van der Waals surface area (Å²) in [7, 11) is 1.55. The second-order valence-corrected chi connectivity index (χ2v) is 5.80. The van der Waals surface area contributed by atoms with Crippen LogP contribution in [-0.4, -0.2) is 18.8 Å². The molecule has 1 fully saturated rings. The third-order valence-electron chi connectivity index (χ3n) is 4.61. The molecule has 3 rings (SSSR count). The van der Waals surface area contributed by atoms with Gasteiger partial charge in [-0.15, -0.1) is 0 Å². The van der Waals surface area contributed by atoms with Crippen LogP contribution >= 0.6 is 0 Å². The molecule has 1 aliphatic carbocycles. The zero-order chi connectivity index (χ0) is 17.3. The maximum atomic E-state index is 12.8. The van der Waals surface area contributed by atoms with Gasteiger partial charge in [-0.3, -0.25) is 9.59 Å². The monoisotopic (exact) mass is 320 g/mol. The van der Waals surface area contributed by atoms with E-state index >= 15 is 0 Å². The molecule has 2 aromatic carbocycles. The lowest BCUT2D eigenvalue weighted by Gasteiger charge is -2.04. The maximum absolute atomic E-state index is 12.8. The number of ketones is 1. The van der Waals surface area contributed by atoms with E-state index in [1.807, 2.05) is 6.07 Å². The van der Waals surface area contributed by atoms with Gasteiger partial charge in [0, 0.05) is 11.5 Å². The van der Waals surface area contributed by atoms with E-state index in [4.69, 9.17) is 10.5 Å². The smallest absolute Gasteiger partial charge is 0.239 e. The molecule has 0 aromatic heterocycles. The van der Waals surface area contributed by atoms with Crippen LogP contribution in [-0.2, 0) is 4.79 Å². The zero-order valence-corrected chi connectivity index (χ0v) is 13.1. The SMILES string of the molecule is COc1ccc([C@H]2[C@@H](C(=O)c3ccccc3)C2(C#N)C(N)=O)cc1. The van der Waals surface area contributed by atoms with E-state index in [1.165, 1.54) is 0 Å². The average Bonchev–Trinajstić information content (AvgIpc) is 3.32. The first-order chi connectivity index (χ1) is 11.6. The predicted octanol–water partition coefficient (Wildman–Crippen LogP) is 2.29. The molecular weight excluding hydrogens is 304 g/mol. The summed E-state index contributed by atoms with van der Waals surface area (Å²) in [6, 6.07) is 17.6. The standard InChI is InChI=1S/C19H16N2O3/c1-24-14-9-7-12(8-10-14)15-16(19(15,11-20)18(21)23)17(22)13-5-3-2-4-6-13/h2-10,15-16H,1H3,(H2,21,23)/t15-,16-,19?/m0/s1. The molecule has 5 heteroatoms. The Bertz CT molecular complexity index is 824. The molecular formula is C19H16N2O3.